The summed E-state index contributed by atoms with van der Waals surface area (Å²) in [5.41, 5.74) is 0. The highest BCUT2D eigenvalue weighted by atomic mass is 16.5. The molecule has 1 fully saturated rings. The maximum absolute atomic E-state index is 11.9. The SMILES string of the molecule is CCOC(=O)CCCNC(=O)CN(CCCO)C1CCC1. The first-order chi connectivity index (χ1) is 10.2. The summed E-state index contributed by atoms with van der Waals surface area (Å²) in [7, 11) is 0. The first kappa shape index (κ1) is 17.9. The summed E-state index contributed by atoms with van der Waals surface area (Å²) in [5, 5.41) is 11.8. The molecule has 122 valence electrons. The number of rotatable bonds is 11. The Morgan fingerprint density at radius 3 is 2.67 bits per heavy atom. The van der Waals surface area contributed by atoms with Gasteiger partial charge >= 0.3 is 5.97 Å². The van der Waals surface area contributed by atoms with Crippen LogP contribution in [0.4, 0.5) is 0 Å². The van der Waals surface area contributed by atoms with Gasteiger partial charge in [-0.1, -0.05) is 6.42 Å². The molecule has 2 N–H and O–H groups in total. The Morgan fingerprint density at radius 2 is 2.10 bits per heavy atom. The molecule has 0 aromatic carbocycles. The monoisotopic (exact) mass is 300 g/mol. The van der Waals surface area contributed by atoms with Crippen molar-refractivity contribution in [2.24, 2.45) is 0 Å². The van der Waals surface area contributed by atoms with E-state index in [0.717, 1.165) is 19.4 Å². The van der Waals surface area contributed by atoms with Gasteiger partial charge in [-0.3, -0.25) is 14.5 Å². The van der Waals surface area contributed by atoms with Crippen LogP contribution in [-0.2, 0) is 14.3 Å². The van der Waals surface area contributed by atoms with E-state index in [1.54, 1.807) is 6.92 Å². The highest BCUT2D eigenvalue weighted by molar-refractivity contribution is 5.78. The number of hydrogen-bond acceptors (Lipinski definition) is 5. The zero-order chi connectivity index (χ0) is 15.5. The molecule has 0 radical (unpaired) electrons. The number of ether oxygens (including phenoxy) is 1. The predicted molar refractivity (Wildman–Crippen MR) is 79.8 cm³/mol. The lowest BCUT2D eigenvalue weighted by molar-refractivity contribution is -0.143. The molecule has 1 rings (SSSR count). The third-order valence-corrected chi connectivity index (χ3v) is 3.73. The largest absolute Gasteiger partial charge is 0.466 e. The quantitative estimate of drug-likeness (QED) is 0.433. The summed E-state index contributed by atoms with van der Waals surface area (Å²) in [5.74, 6) is -0.227. The van der Waals surface area contributed by atoms with Crippen LogP contribution in [0.1, 0.15) is 45.4 Å². The number of carbonyl (C=O) groups is 2. The zero-order valence-corrected chi connectivity index (χ0v) is 13.0. The van der Waals surface area contributed by atoms with Gasteiger partial charge in [-0.05, 0) is 32.6 Å². The molecule has 1 saturated carbocycles. The van der Waals surface area contributed by atoms with Crippen LogP contribution in [-0.4, -0.2) is 60.8 Å². The molecule has 1 aliphatic rings. The van der Waals surface area contributed by atoms with Gasteiger partial charge in [-0.25, -0.2) is 0 Å². The van der Waals surface area contributed by atoms with Gasteiger partial charge in [0.1, 0.15) is 0 Å². The first-order valence-corrected chi connectivity index (χ1v) is 7.94. The molecule has 21 heavy (non-hydrogen) atoms. The highest BCUT2D eigenvalue weighted by Gasteiger charge is 2.25. The highest BCUT2D eigenvalue weighted by Crippen LogP contribution is 2.24. The molecule has 6 heteroatoms. The van der Waals surface area contributed by atoms with E-state index in [1.807, 2.05) is 0 Å². The maximum Gasteiger partial charge on any atom is 0.305 e. The Balaban J connectivity index is 2.16. The third-order valence-electron chi connectivity index (χ3n) is 3.73. The van der Waals surface area contributed by atoms with Gasteiger partial charge in [-0.15, -0.1) is 0 Å². The second-order valence-electron chi connectivity index (χ2n) is 5.39. The van der Waals surface area contributed by atoms with E-state index in [4.69, 9.17) is 9.84 Å². The molecule has 0 bridgehead atoms. The fourth-order valence-electron chi connectivity index (χ4n) is 2.35. The average molecular weight is 300 g/mol. The number of esters is 1. The number of nitrogens with one attached hydrogen (secondary N) is 1. The van der Waals surface area contributed by atoms with Crippen LogP contribution < -0.4 is 5.32 Å². The number of nitrogens with zero attached hydrogens (tertiary/aromatic N) is 1. The predicted octanol–water partition coefficient (Wildman–Crippen LogP) is 0.683. The van der Waals surface area contributed by atoms with Crippen LogP contribution in [0.15, 0.2) is 0 Å². The van der Waals surface area contributed by atoms with Crippen LogP contribution in [0.3, 0.4) is 0 Å². The lowest BCUT2D eigenvalue weighted by Crippen LogP contribution is -2.46. The lowest BCUT2D eigenvalue weighted by atomic mass is 9.91. The van der Waals surface area contributed by atoms with Gasteiger partial charge in [-0.2, -0.15) is 0 Å². The summed E-state index contributed by atoms with van der Waals surface area (Å²) in [4.78, 5) is 25.2. The second kappa shape index (κ2) is 10.6. The molecule has 1 amide bonds. The Hall–Kier alpha value is -1.14. The third kappa shape index (κ3) is 7.43. The molecular weight excluding hydrogens is 272 g/mol. The van der Waals surface area contributed by atoms with Crippen molar-refractivity contribution in [2.45, 2.75) is 51.5 Å². The van der Waals surface area contributed by atoms with E-state index in [2.05, 4.69) is 10.2 Å². The number of aliphatic hydroxyl groups is 1. The molecule has 1 aliphatic carbocycles. The number of carbonyl (C=O) groups excluding carboxylic acids is 2. The summed E-state index contributed by atoms with van der Waals surface area (Å²) in [6, 6.07) is 0.488. The zero-order valence-electron chi connectivity index (χ0n) is 13.0. The Morgan fingerprint density at radius 1 is 1.33 bits per heavy atom. The molecule has 0 saturated heterocycles. The van der Waals surface area contributed by atoms with E-state index in [-0.39, 0.29) is 18.5 Å². The number of amides is 1. The van der Waals surface area contributed by atoms with Gasteiger partial charge in [0.05, 0.1) is 13.2 Å². The van der Waals surface area contributed by atoms with E-state index in [0.29, 0.717) is 45.0 Å². The van der Waals surface area contributed by atoms with Gasteiger partial charge in [0.2, 0.25) is 5.91 Å². The fourth-order valence-corrected chi connectivity index (χ4v) is 2.35. The van der Waals surface area contributed by atoms with E-state index < -0.39 is 0 Å². The van der Waals surface area contributed by atoms with Gasteiger partial charge in [0.15, 0.2) is 0 Å². The van der Waals surface area contributed by atoms with E-state index >= 15 is 0 Å². The lowest BCUT2D eigenvalue weighted by Gasteiger charge is -2.37. The molecule has 0 atom stereocenters. The summed E-state index contributed by atoms with van der Waals surface area (Å²) < 4.78 is 4.83. The molecule has 0 unspecified atom stereocenters. The minimum Gasteiger partial charge on any atom is -0.466 e. The van der Waals surface area contributed by atoms with Crippen LogP contribution in [0.2, 0.25) is 0 Å². The van der Waals surface area contributed by atoms with Crippen LogP contribution in [0.5, 0.6) is 0 Å². The van der Waals surface area contributed by atoms with E-state index in [9.17, 15) is 9.59 Å². The molecular formula is C15H28N2O4. The maximum atomic E-state index is 11.9. The fraction of sp³-hybridized carbons (Fsp3) is 0.867. The molecule has 0 aromatic rings. The van der Waals surface area contributed by atoms with Crippen molar-refractivity contribution in [3.63, 3.8) is 0 Å². The van der Waals surface area contributed by atoms with Crippen molar-refractivity contribution in [3.8, 4) is 0 Å². The topological polar surface area (TPSA) is 78.9 Å². The van der Waals surface area contributed by atoms with Crippen molar-refractivity contribution < 1.29 is 19.4 Å². The Kier molecular flexibility index (Phi) is 9.01. The summed E-state index contributed by atoms with van der Waals surface area (Å²) in [6.07, 6.45) is 5.15. The van der Waals surface area contributed by atoms with Gasteiger partial charge < -0.3 is 15.2 Å². The van der Waals surface area contributed by atoms with Gasteiger partial charge in [0, 0.05) is 32.2 Å². The first-order valence-electron chi connectivity index (χ1n) is 7.94. The summed E-state index contributed by atoms with van der Waals surface area (Å²) in [6.45, 7) is 3.97. The molecule has 0 heterocycles. The van der Waals surface area contributed by atoms with Crippen molar-refractivity contribution in [3.05, 3.63) is 0 Å². The molecule has 0 spiro atoms. The molecule has 0 aromatic heterocycles. The number of aliphatic hydroxyl groups excluding tert-OH is 1. The van der Waals surface area contributed by atoms with Crippen LogP contribution in [0.25, 0.3) is 0 Å². The van der Waals surface area contributed by atoms with Crippen LogP contribution in [0, 0.1) is 0 Å². The van der Waals surface area contributed by atoms with Gasteiger partial charge in [0.25, 0.3) is 0 Å². The summed E-state index contributed by atoms with van der Waals surface area (Å²) >= 11 is 0. The second-order valence-corrected chi connectivity index (χ2v) is 5.39. The van der Waals surface area contributed by atoms with Crippen molar-refractivity contribution in [1.29, 1.82) is 0 Å². The van der Waals surface area contributed by atoms with Crippen molar-refractivity contribution in [1.82, 2.24) is 10.2 Å². The van der Waals surface area contributed by atoms with Crippen molar-refractivity contribution in [2.75, 3.05) is 32.8 Å². The minimum atomic E-state index is -0.217. The Labute approximate surface area is 126 Å². The normalized spacial score (nSPS) is 14.8. The Bertz CT molecular complexity index is 319. The van der Waals surface area contributed by atoms with E-state index in [1.165, 1.54) is 6.42 Å². The standard InChI is InChI=1S/C15H28N2O4/c1-2-21-15(20)8-4-9-16-14(19)12-17(10-5-11-18)13-6-3-7-13/h13,18H,2-12H2,1H3,(H,16,19). The number of hydrogen-bond donors (Lipinski definition) is 2. The van der Waals surface area contributed by atoms with Crippen molar-refractivity contribution >= 4 is 11.9 Å². The smallest absolute Gasteiger partial charge is 0.305 e. The minimum absolute atomic E-state index is 0.0105. The average Bonchev–Trinajstić information content (AvgIpc) is 2.39. The molecule has 6 nitrogen and oxygen atoms in total. The molecule has 0 aliphatic heterocycles. The van der Waals surface area contributed by atoms with Crippen LogP contribution >= 0.6 is 0 Å².